The van der Waals surface area contributed by atoms with E-state index in [1.165, 1.54) is 0 Å². The van der Waals surface area contributed by atoms with Crippen LogP contribution in [-0.4, -0.2) is 84.9 Å². The van der Waals surface area contributed by atoms with Crippen LogP contribution in [0, 0.1) is 0 Å². The highest BCUT2D eigenvalue weighted by molar-refractivity contribution is 4.98. The lowest BCUT2D eigenvalue weighted by molar-refractivity contribution is -0.604. The van der Waals surface area contributed by atoms with Gasteiger partial charge in [0.2, 0.25) is 0 Å². The maximum atomic E-state index is 13.9. The summed E-state index contributed by atoms with van der Waals surface area (Å²) < 4.78 is 389. The minimum Gasteiger partial charge on any atom is -0.244 e. The predicted octanol–water partition coefficient (Wildman–Crippen LogP) is 9.46. The number of halogens is 30. The Bertz CT molecular complexity index is 1050. The zero-order valence-electron chi connectivity index (χ0n) is 20.0. The topological polar surface area (TPSA) is 36.9 Å². The molecule has 48 heavy (non-hydrogen) atoms. The Morgan fingerprint density at radius 1 is 0.188 bits per heavy atom. The molecule has 0 aliphatic rings. The molecule has 0 bridgehead atoms. The summed E-state index contributed by atoms with van der Waals surface area (Å²) in [6.45, 7) is 0. The Labute approximate surface area is 237 Å². The zero-order valence-corrected chi connectivity index (χ0v) is 20.0. The summed E-state index contributed by atoms with van der Waals surface area (Å²) >= 11 is 0. The average Bonchev–Trinajstić information content (AvgIpc) is 2.73. The second kappa shape index (κ2) is 11.6. The molecule has 0 aromatic carbocycles. The Hall–Kier alpha value is -2.26. The van der Waals surface area contributed by atoms with Crippen LogP contribution in [0.1, 0.15) is 0 Å². The third-order valence-corrected chi connectivity index (χ3v) is 4.28. The molecule has 290 valence electrons. The molecule has 0 saturated carbocycles. The maximum Gasteiger partial charge on any atom is 0.478 e. The van der Waals surface area contributed by atoms with E-state index >= 15 is 0 Å². The fraction of sp³-hybridized carbons (Fsp3) is 1.00. The first-order valence-corrected chi connectivity index (χ1v) is 9.55. The van der Waals surface area contributed by atoms with Gasteiger partial charge in [-0.05, 0) is 0 Å². The SMILES string of the molecule is FC(F)(F)C(F)(OC(F)(F)C(F)(F)OC(F)(F)C(F)(F)C(F)(F)C(F)(F)F)OC(F)(F)C(F)(F)OC(F)(F)C(F)(F)C(F)(F)C(F)(F)F. The van der Waals surface area contributed by atoms with Crippen LogP contribution in [-0.2, 0) is 18.9 Å². The van der Waals surface area contributed by atoms with E-state index in [-0.39, 0.29) is 0 Å². The lowest BCUT2D eigenvalue weighted by atomic mass is 10.1. The quantitative estimate of drug-likeness (QED) is 0.130. The van der Waals surface area contributed by atoms with Crippen molar-refractivity contribution in [2.45, 2.75) is 84.9 Å². The van der Waals surface area contributed by atoms with Gasteiger partial charge in [0.25, 0.3) is 0 Å². The summed E-state index contributed by atoms with van der Waals surface area (Å²) in [4.78, 5) is 0. The van der Waals surface area contributed by atoms with Gasteiger partial charge in [-0.25, -0.2) is 18.9 Å². The van der Waals surface area contributed by atoms with Crippen molar-refractivity contribution in [1.82, 2.24) is 0 Å². The second-order valence-electron chi connectivity index (χ2n) is 7.84. The lowest BCUT2D eigenvalue weighted by Gasteiger charge is -2.39. The normalized spacial score (nSPS) is 16.9. The van der Waals surface area contributed by atoms with Gasteiger partial charge >= 0.3 is 84.9 Å². The van der Waals surface area contributed by atoms with Gasteiger partial charge in [-0.15, -0.1) is 0 Å². The van der Waals surface area contributed by atoms with Crippen molar-refractivity contribution in [2.24, 2.45) is 0 Å². The number of alkyl halides is 30. The van der Waals surface area contributed by atoms with E-state index in [9.17, 15) is 132 Å². The molecule has 0 aliphatic carbocycles. The van der Waals surface area contributed by atoms with Gasteiger partial charge in [0.15, 0.2) is 0 Å². The third kappa shape index (κ3) is 7.57. The first-order valence-electron chi connectivity index (χ1n) is 9.55. The summed E-state index contributed by atoms with van der Waals surface area (Å²) in [7, 11) is 0. The second-order valence-corrected chi connectivity index (χ2v) is 7.84. The Morgan fingerprint density at radius 2 is 0.375 bits per heavy atom. The Morgan fingerprint density at radius 3 is 0.542 bits per heavy atom. The van der Waals surface area contributed by atoms with Gasteiger partial charge in [-0.1, -0.05) is 0 Å². The summed E-state index contributed by atoms with van der Waals surface area (Å²) in [5.41, 5.74) is 0. The number of hydrogen-bond donors (Lipinski definition) is 0. The van der Waals surface area contributed by atoms with Gasteiger partial charge in [0.1, 0.15) is 0 Å². The van der Waals surface area contributed by atoms with Crippen molar-refractivity contribution in [3.63, 3.8) is 0 Å². The van der Waals surface area contributed by atoms with Crippen molar-refractivity contribution in [3.05, 3.63) is 0 Å². The van der Waals surface area contributed by atoms with Crippen molar-refractivity contribution < 1.29 is 151 Å². The largest absolute Gasteiger partial charge is 0.478 e. The number of rotatable bonds is 14. The minimum atomic E-state index is -8.57. The van der Waals surface area contributed by atoms with Crippen LogP contribution >= 0.6 is 0 Å². The van der Waals surface area contributed by atoms with Gasteiger partial charge in [-0.2, -0.15) is 132 Å². The highest BCUT2D eigenvalue weighted by Crippen LogP contribution is 2.59. The summed E-state index contributed by atoms with van der Waals surface area (Å²) in [5.74, 6) is -33.8. The van der Waals surface area contributed by atoms with E-state index in [4.69, 9.17) is 0 Å². The first kappa shape index (κ1) is 45.7. The van der Waals surface area contributed by atoms with Crippen LogP contribution in [0.3, 0.4) is 0 Å². The molecular formula is C14F30O4. The molecule has 0 fully saturated rings. The highest BCUT2D eigenvalue weighted by atomic mass is 19.4. The van der Waals surface area contributed by atoms with Crippen LogP contribution < -0.4 is 0 Å². The molecule has 0 rings (SSSR count). The van der Waals surface area contributed by atoms with Crippen LogP contribution in [0.25, 0.3) is 0 Å². The van der Waals surface area contributed by atoms with E-state index in [0.29, 0.717) is 0 Å². The fourth-order valence-electron chi connectivity index (χ4n) is 1.88. The molecule has 0 spiro atoms. The van der Waals surface area contributed by atoms with Crippen LogP contribution in [0.5, 0.6) is 0 Å². The predicted molar refractivity (Wildman–Crippen MR) is 75.8 cm³/mol. The smallest absolute Gasteiger partial charge is 0.244 e. The molecule has 0 N–H and O–H groups in total. The zero-order chi connectivity index (χ0) is 39.8. The third-order valence-electron chi connectivity index (χ3n) is 4.28. The molecule has 0 amide bonds. The summed E-state index contributed by atoms with van der Waals surface area (Å²) in [6, 6.07) is -8.47. The van der Waals surface area contributed by atoms with Crippen LogP contribution in [0.4, 0.5) is 132 Å². The highest BCUT2D eigenvalue weighted by Gasteiger charge is 2.87. The van der Waals surface area contributed by atoms with Crippen molar-refractivity contribution in [3.8, 4) is 0 Å². The summed E-state index contributed by atoms with van der Waals surface area (Å²) in [5, 5.41) is 0. The standard InChI is InChI=1S/C14F30O4/c15-1(16,5(23,24)25)3(19,20)8(32,33)45-10(36,37)12(40,41)47-14(44,7(29,30)31)48-13(42,43)11(38,39)46-9(34,35)4(21,22)2(17,18)6(26,27)28. The molecule has 0 unspecified atom stereocenters. The molecule has 0 heterocycles. The molecule has 34 heteroatoms. The lowest BCUT2D eigenvalue weighted by Crippen LogP contribution is -2.66. The fourth-order valence-corrected chi connectivity index (χ4v) is 1.88. The monoisotopic (exact) mass is 802 g/mol. The van der Waals surface area contributed by atoms with Gasteiger partial charge < -0.3 is 0 Å². The van der Waals surface area contributed by atoms with Crippen LogP contribution in [0.15, 0.2) is 0 Å². The number of ether oxygens (including phenoxy) is 4. The Kier molecular flexibility index (Phi) is 11.1. The van der Waals surface area contributed by atoms with E-state index in [1.54, 1.807) is 0 Å². The Balaban J connectivity index is 6.81. The van der Waals surface area contributed by atoms with Crippen molar-refractivity contribution in [2.75, 3.05) is 0 Å². The molecule has 0 radical (unpaired) electrons. The minimum absolute atomic E-state index is 0.888. The van der Waals surface area contributed by atoms with E-state index in [2.05, 4.69) is 0 Å². The maximum absolute atomic E-state index is 13.9. The van der Waals surface area contributed by atoms with E-state index < -0.39 is 84.9 Å². The molecule has 0 atom stereocenters. The van der Waals surface area contributed by atoms with Gasteiger partial charge in [0.05, 0.1) is 0 Å². The van der Waals surface area contributed by atoms with Crippen molar-refractivity contribution >= 4 is 0 Å². The summed E-state index contributed by atoms with van der Waals surface area (Å²) in [6.07, 6.45) is -75.4. The average molecular weight is 802 g/mol. The molecule has 0 saturated heterocycles. The van der Waals surface area contributed by atoms with Crippen LogP contribution in [0.2, 0.25) is 0 Å². The molecule has 0 aliphatic heterocycles. The number of hydrogen-bond acceptors (Lipinski definition) is 4. The molecule has 0 aromatic rings. The molecule has 0 aromatic heterocycles. The first-order chi connectivity index (χ1) is 20.1. The molecule has 4 nitrogen and oxygen atoms in total. The van der Waals surface area contributed by atoms with E-state index in [0.717, 1.165) is 18.9 Å². The van der Waals surface area contributed by atoms with Crippen molar-refractivity contribution in [1.29, 1.82) is 0 Å². The van der Waals surface area contributed by atoms with Gasteiger partial charge in [0, 0.05) is 0 Å². The van der Waals surface area contributed by atoms with E-state index in [1.807, 2.05) is 0 Å². The molecular weight excluding hydrogens is 802 g/mol. The van der Waals surface area contributed by atoms with Gasteiger partial charge in [-0.3, -0.25) is 0 Å².